The molecule has 1 aromatic heterocycles. The molecule has 1 aromatic carbocycles. The largest absolute Gasteiger partial charge is 0.381 e. The number of hydrogen-bond donors (Lipinski definition) is 1. The molecular weight excluding hydrogens is 336 g/mol. The van der Waals surface area contributed by atoms with E-state index in [2.05, 4.69) is 35.0 Å². The van der Waals surface area contributed by atoms with Gasteiger partial charge in [0.1, 0.15) is 0 Å². The molecule has 27 heavy (non-hydrogen) atoms. The minimum Gasteiger partial charge on any atom is -0.381 e. The summed E-state index contributed by atoms with van der Waals surface area (Å²) in [6, 6.07) is 7.47. The van der Waals surface area contributed by atoms with Gasteiger partial charge in [-0.2, -0.15) is 0 Å². The number of benzene rings is 1. The second-order valence-corrected chi connectivity index (χ2v) is 8.67. The number of para-hydroxylation sites is 1. The van der Waals surface area contributed by atoms with Gasteiger partial charge < -0.3 is 19.4 Å². The van der Waals surface area contributed by atoms with Gasteiger partial charge in [0.15, 0.2) is 0 Å². The van der Waals surface area contributed by atoms with E-state index in [1.54, 1.807) is 5.56 Å². The topological polar surface area (TPSA) is 35.4 Å². The molecular formula is C23H32N2O2. The Balaban J connectivity index is 1.27. The summed E-state index contributed by atoms with van der Waals surface area (Å²) in [4.78, 5) is 0. The van der Waals surface area contributed by atoms with Gasteiger partial charge in [-0.3, -0.25) is 0 Å². The van der Waals surface area contributed by atoms with Crippen LogP contribution in [0.3, 0.4) is 0 Å². The minimum atomic E-state index is 0.0771. The van der Waals surface area contributed by atoms with Crippen LogP contribution in [0.2, 0.25) is 0 Å². The molecule has 1 atom stereocenters. The zero-order chi connectivity index (χ0) is 18.3. The van der Waals surface area contributed by atoms with Gasteiger partial charge in [0.05, 0.1) is 11.1 Å². The molecule has 2 aromatic rings. The molecule has 146 valence electrons. The first-order valence-corrected chi connectivity index (χ1v) is 10.8. The van der Waals surface area contributed by atoms with Gasteiger partial charge in [0, 0.05) is 43.5 Å². The van der Waals surface area contributed by atoms with E-state index in [-0.39, 0.29) is 5.60 Å². The van der Waals surface area contributed by atoms with E-state index >= 15 is 0 Å². The van der Waals surface area contributed by atoms with Gasteiger partial charge in [-0.1, -0.05) is 18.2 Å². The summed E-state index contributed by atoms with van der Waals surface area (Å²) in [5.74, 6) is 0. The quantitative estimate of drug-likeness (QED) is 0.893. The summed E-state index contributed by atoms with van der Waals surface area (Å²) < 4.78 is 14.3. The molecule has 0 aliphatic carbocycles. The van der Waals surface area contributed by atoms with Crippen molar-refractivity contribution in [3.05, 3.63) is 35.0 Å². The van der Waals surface area contributed by atoms with Crippen molar-refractivity contribution in [2.75, 3.05) is 26.4 Å². The number of ether oxygens (including phenoxy) is 2. The Labute approximate surface area is 162 Å². The fraction of sp³-hybridized carbons (Fsp3) is 0.652. The summed E-state index contributed by atoms with van der Waals surface area (Å²) in [5.41, 5.74) is 6.14. The number of nitrogens with one attached hydrogen (secondary N) is 1. The average Bonchev–Trinajstić information content (AvgIpc) is 2.97. The molecule has 2 fully saturated rings. The van der Waals surface area contributed by atoms with E-state index in [0.717, 1.165) is 58.5 Å². The molecule has 0 amide bonds. The van der Waals surface area contributed by atoms with Crippen molar-refractivity contribution in [1.82, 2.24) is 9.88 Å². The van der Waals surface area contributed by atoms with Crippen LogP contribution in [0.5, 0.6) is 0 Å². The Hall–Kier alpha value is -1.36. The van der Waals surface area contributed by atoms with Crippen LogP contribution in [-0.2, 0) is 28.9 Å². The molecule has 3 aliphatic rings. The monoisotopic (exact) mass is 368 g/mol. The maximum atomic E-state index is 6.19. The Kier molecular flexibility index (Phi) is 4.75. The highest BCUT2D eigenvalue weighted by Gasteiger charge is 2.38. The molecule has 0 bridgehead atoms. The van der Waals surface area contributed by atoms with Crippen molar-refractivity contribution < 1.29 is 9.47 Å². The van der Waals surface area contributed by atoms with Crippen LogP contribution in [0.25, 0.3) is 10.9 Å². The van der Waals surface area contributed by atoms with Crippen LogP contribution in [0.15, 0.2) is 18.2 Å². The van der Waals surface area contributed by atoms with Gasteiger partial charge in [-0.25, -0.2) is 0 Å². The number of hydrogen-bond acceptors (Lipinski definition) is 3. The summed E-state index contributed by atoms with van der Waals surface area (Å²) in [6.45, 7) is 7.15. The summed E-state index contributed by atoms with van der Waals surface area (Å²) in [7, 11) is 0. The lowest BCUT2D eigenvalue weighted by Crippen LogP contribution is -2.50. The molecule has 1 N–H and O–H groups in total. The Morgan fingerprint density at radius 1 is 1.22 bits per heavy atom. The molecule has 4 heterocycles. The number of aromatic nitrogens is 1. The van der Waals surface area contributed by atoms with E-state index in [9.17, 15) is 0 Å². The summed E-state index contributed by atoms with van der Waals surface area (Å²) in [5, 5.41) is 5.35. The third-order valence-corrected chi connectivity index (χ3v) is 7.09. The Morgan fingerprint density at radius 2 is 2.11 bits per heavy atom. The van der Waals surface area contributed by atoms with Crippen molar-refractivity contribution in [2.24, 2.45) is 0 Å². The van der Waals surface area contributed by atoms with E-state index in [4.69, 9.17) is 9.47 Å². The minimum absolute atomic E-state index is 0.0771. The predicted molar refractivity (Wildman–Crippen MR) is 108 cm³/mol. The highest BCUT2D eigenvalue weighted by molar-refractivity contribution is 5.88. The van der Waals surface area contributed by atoms with Crippen LogP contribution < -0.4 is 5.32 Å². The normalized spacial score (nSPS) is 24.6. The third-order valence-electron chi connectivity index (χ3n) is 7.09. The highest BCUT2D eigenvalue weighted by atomic mass is 16.5. The summed E-state index contributed by atoms with van der Waals surface area (Å²) >= 11 is 0. The molecule has 1 spiro atoms. The lowest BCUT2D eigenvalue weighted by Gasteiger charge is -2.43. The first-order valence-electron chi connectivity index (χ1n) is 10.8. The first kappa shape index (κ1) is 17.7. The molecule has 4 heteroatoms. The lowest BCUT2D eigenvalue weighted by atomic mass is 9.84. The maximum Gasteiger partial charge on any atom is 0.0741 e. The van der Waals surface area contributed by atoms with Crippen molar-refractivity contribution in [2.45, 2.75) is 70.1 Å². The second kappa shape index (κ2) is 7.23. The molecule has 0 unspecified atom stereocenters. The molecule has 0 saturated carbocycles. The zero-order valence-electron chi connectivity index (χ0n) is 16.6. The SMILES string of the molecule is Cc1c(CCN[C@H]2CCOC3(CCOCC3)C2)c2cccc3c2n1CCC3. The van der Waals surface area contributed by atoms with Gasteiger partial charge in [-0.05, 0) is 69.5 Å². The molecule has 0 radical (unpaired) electrons. The van der Waals surface area contributed by atoms with Gasteiger partial charge in [0.2, 0.25) is 0 Å². The van der Waals surface area contributed by atoms with Crippen LogP contribution >= 0.6 is 0 Å². The van der Waals surface area contributed by atoms with Gasteiger partial charge in [-0.15, -0.1) is 0 Å². The smallest absolute Gasteiger partial charge is 0.0741 e. The van der Waals surface area contributed by atoms with E-state index in [0.29, 0.717) is 6.04 Å². The third kappa shape index (κ3) is 3.22. The van der Waals surface area contributed by atoms with Gasteiger partial charge in [0.25, 0.3) is 0 Å². The number of rotatable bonds is 4. The van der Waals surface area contributed by atoms with E-state index in [1.807, 2.05) is 0 Å². The summed E-state index contributed by atoms with van der Waals surface area (Å²) in [6.07, 6.45) is 8.00. The lowest BCUT2D eigenvalue weighted by molar-refractivity contribution is -0.140. The number of nitrogens with zero attached hydrogens (tertiary/aromatic N) is 1. The standard InChI is InChI=1S/C23H32N2O2/c1-17-20(21-6-2-4-18-5-3-12-25(17)22(18)21)7-11-24-19-8-13-27-23(16-19)9-14-26-15-10-23/h2,4,6,19,24H,3,5,7-16H2,1H3/t19-/m0/s1. The van der Waals surface area contributed by atoms with Crippen molar-refractivity contribution in [3.63, 3.8) is 0 Å². The fourth-order valence-corrected chi connectivity index (χ4v) is 5.60. The average molecular weight is 369 g/mol. The van der Waals surface area contributed by atoms with Crippen molar-refractivity contribution in [3.8, 4) is 0 Å². The predicted octanol–water partition coefficient (Wildman–Crippen LogP) is 3.76. The van der Waals surface area contributed by atoms with E-state index < -0.39 is 0 Å². The molecule has 5 rings (SSSR count). The molecule has 2 saturated heterocycles. The first-order chi connectivity index (χ1) is 13.3. The van der Waals surface area contributed by atoms with Crippen molar-refractivity contribution >= 4 is 10.9 Å². The van der Waals surface area contributed by atoms with Crippen LogP contribution in [0.4, 0.5) is 0 Å². The van der Waals surface area contributed by atoms with Crippen LogP contribution in [0.1, 0.15) is 48.9 Å². The highest BCUT2D eigenvalue weighted by Crippen LogP contribution is 2.35. The van der Waals surface area contributed by atoms with Crippen LogP contribution in [-0.4, -0.2) is 42.6 Å². The van der Waals surface area contributed by atoms with Gasteiger partial charge >= 0.3 is 0 Å². The number of aryl methyl sites for hydroxylation is 2. The fourth-order valence-electron chi connectivity index (χ4n) is 5.60. The van der Waals surface area contributed by atoms with Crippen molar-refractivity contribution in [1.29, 1.82) is 0 Å². The second-order valence-electron chi connectivity index (χ2n) is 8.67. The molecule has 3 aliphatic heterocycles. The Bertz CT molecular complexity index is 814. The maximum absolute atomic E-state index is 6.19. The molecule has 4 nitrogen and oxygen atoms in total. The Morgan fingerprint density at radius 3 is 3.00 bits per heavy atom. The zero-order valence-corrected chi connectivity index (χ0v) is 16.6. The van der Waals surface area contributed by atoms with E-state index in [1.165, 1.54) is 41.5 Å². The van der Waals surface area contributed by atoms with Crippen LogP contribution in [0, 0.1) is 6.92 Å².